The lowest BCUT2D eigenvalue weighted by molar-refractivity contribution is -0.192. The molecule has 1 amide bonds. The van der Waals surface area contributed by atoms with Gasteiger partial charge in [0.25, 0.3) is 5.91 Å². The number of amides is 1. The maximum absolute atomic E-state index is 13.3. The van der Waals surface area contributed by atoms with Crippen LogP contribution in [0.2, 0.25) is 0 Å². The number of aliphatic carboxylic acids is 1. The number of hydrogen-bond donors (Lipinski definition) is 2. The second-order valence-electron chi connectivity index (χ2n) is 8.50. The number of carboxylic acid groups (broad SMARTS) is 1. The molecule has 1 aliphatic heterocycles. The molecule has 1 aliphatic rings. The first-order valence-corrected chi connectivity index (χ1v) is 11.4. The zero-order valence-electron chi connectivity index (χ0n) is 20.5. The van der Waals surface area contributed by atoms with E-state index in [1.165, 1.54) is 16.9 Å². The molecule has 2 N–H and O–H groups in total. The van der Waals surface area contributed by atoms with Gasteiger partial charge in [0.2, 0.25) is 0 Å². The normalized spacial score (nSPS) is 14.4. The molecule has 39 heavy (non-hydrogen) atoms. The van der Waals surface area contributed by atoms with E-state index < -0.39 is 29.8 Å². The van der Waals surface area contributed by atoms with Crippen molar-refractivity contribution in [1.29, 1.82) is 0 Å². The molecule has 3 aromatic rings. The fourth-order valence-corrected chi connectivity index (χ4v) is 3.61. The Kier molecular flexibility index (Phi) is 9.16. The van der Waals surface area contributed by atoms with Gasteiger partial charge in [-0.25, -0.2) is 9.48 Å². The van der Waals surface area contributed by atoms with E-state index in [4.69, 9.17) is 9.90 Å². The highest BCUT2D eigenvalue weighted by molar-refractivity contribution is 5.93. The van der Waals surface area contributed by atoms with Crippen LogP contribution in [0.4, 0.5) is 32.0 Å². The number of likely N-dealkylation sites (N-methyl/N-ethyl adjacent to an activating group) is 1. The molecule has 15 heteroatoms. The molecule has 0 radical (unpaired) electrons. The number of anilines is 1. The Balaban J connectivity index is 0.000000532. The highest BCUT2D eigenvalue weighted by Crippen LogP contribution is 2.33. The Morgan fingerprint density at radius 3 is 2.26 bits per heavy atom. The summed E-state index contributed by atoms with van der Waals surface area (Å²) in [5.74, 6) is -3.17. The molecule has 0 bridgehead atoms. The number of halogens is 6. The van der Waals surface area contributed by atoms with Crippen molar-refractivity contribution < 1.29 is 41.0 Å². The summed E-state index contributed by atoms with van der Waals surface area (Å²) in [6.45, 7) is 3.03. The average molecular weight is 558 g/mol. The van der Waals surface area contributed by atoms with E-state index in [9.17, 15) is 31.1 Å². The van der Waals surface area contributed by atoms with Gasteiger partial charge in [-0.05, 0) is 42.9 Å². The largest absolute Gasteiger partial charge is 0.490 e. The van der Waals surface area contributed by atoms with Crippen LogP contribution in [-0.2, 0) is 17.5 Å². The van der Waals surface area contributed by atoms with Gasteiger partial charge in [-0.2, -0.15) is 31.4 Å². The summed E-state index contributed by atoms with van der Waals surface area (Å²) in [5, 5.41) is 14.0. The highest BCUT2D eigenvalue weighted by atomic mass is 19.4. The molecule has 0 saturated carbocycles. The zero-order valence-corrected chi connectivity index (χ0v) is 20.5. The molecule has 3 heterocycles. The summed E-state index contributed by atoms with van der Waals surface area (Å²) in [6.07, 6.45) is -3.33. The van der Waals surface area contributed by atoms with Crippen molar-refractivity contribution >= 4 is 17.6 Å². The third-order valence-electron chi connectivity index (χ3n) is 5.69. The summed E-state index contributed by atoms with van der Waals surface area (Å²) < 4.78 is 73.1. The Bertz CT molecular complexity index is 1270. The van der Waals surface area contributed by atoms with Gasteiger partial charge in [-0.15, -0.1) is 0 Å². The number of nitrogens with one attached hydrogen (secondary N) is 1. The summed E-state index contributed by atoms with van der Waals surface area (Å²) in [4.78, 5) is 29.8. The van der Waals surface area contributed by atoms with Gasteiger partial charge >= 0.3 is 18.3 Å². The van der Waals surface area contributed by atoms with Crippen molar-refractivity contribution in [2.45, 2.75) is 18.9 Å². The third kappa shape index (κ3) is 8.17. The van der Waals surface area contributed by atoms with Gasteiger partial charge < -0.3 is 20.2 Å². The van der Waals surface area contributed by atoms with Crippen molar-refractivity contribution in [3.63, 3.8) is 0 Å². The summed E-state index contributed by atoms with van der Waals surface area (Å²) >= 11 is 0. The van der Waals surface area contributed by atoms with E-state index in [-0.39, 0.29) is 6.54 Å². The lowest BCUT2D eigenvalue weighted by atomic mass is 10.1. The van der Waals surface area contributed by atoms with Gasteiger partial charge in [0.05, 0.1) is 29.2 Å². The molecule has 0 spiro atoms. The van der Waals surface area contributed by atoms with Crippen molar-refractivity contribution in [2.75, 3.05) is 38.1 Å². The number of carbonyl (C=O) groups is 2. The summed E-state index contributed by atoms with van der Waals surface area (Å²) in [5.41, 5.74) is 1.41. The molecule has 210 valence electrons. The predicted octanol–water partition coefficient (Wildman–Crippen LogP) is 3.60. The predicted molar refractivity (Wildman–Crippen MR) is 127 cm³/mol. The first kappa shape index (κ1) is 29.4. The number of benzene rings is 1. The van der Waals surface area contributed by atoms with Crippen LogP contribution in [0.15, 0.2) is 55.1 Å². The molecule has 1 saturated heterocycles. The maximum Gasteiger partial charge on any atom is 0.490 e. The fraction of sp³-hybridized carbons (Fsp3) is 0.333. The molecule has 0 aliphatic carbocycles. The van der Waals surface area contributed by atoms with Crippen molar-refractivity contribution in [1.82, 2.24) is 25.0 Å². The quantitative estimate of drug-likeness (QED) is 0.462. The number of pyridine rings is 1. The highest BCUT2D eigenvalue weighted by Gasteiger charge is 2.38. The van der Waals surface area contributed by atoms with Crippen LogP contribution in [0.1, 0.15) is 21.5 Å². The Labute approximate surface area is 218 Å². The molecule has 2 aromatic heterocycles. The standard InChI is InChI=1S/C22H23F3N6O.C2HF3O2/c1-29-7-9-30(10-8-29)20-5-4-18(22(23,24)25)11-16(20)12-27-21(32)17-13-28-31(15-17)19-3-2-6-26-14-19;3-2(4,5)1(6)7/h2-6,11,13-15H,7-10,12H2,1H3,(H,27,32);(H,6,7). The Morgan fingerprint density at radius 2 is 1.69 bits per heavy atom. The zero-order chi connectivity index (χ0) is 28.8. The van der Waals surface area contributed by atoms with Gasteiger partial charge in [0, 0.05) is 50.8 Å². The number of alkyl halides is 6. The minimum Gasteiger partial charge on any atom is -0.475 e. The monoisotopic (exact) mass is 558 g/mol. The van der Waals surface area contributed by atoms with Gasteiger partial charge in [0.1, 0.15) is 0 Å². The van der Waals surface area contributed by atoms with Gasteiger partial charge in [-0.3, -0.25) is 9.78 Å². The lowest BCUT2D eigenvalue weighted by Gasteiger charge is -2.35. The van der Waals surface area contributed by atoms with Gasteiger partial charge in [0.15, 0.2) is 0 Å². The smallest absolute Gasteiger partial charge is 0.475 e. The minimum atomic E-state index is -5.08. The Hall–Kier alpha value is -4.14. The fourth-order valence-electron chi connectivity index (χ4n) is 3.61. The average Bonchev–Trinajstić information content (AvgIpc) is 3.38. The number of nitrogens with zero attached hydrogens (tertiary/aromatic N) is 5. The van der Waals surface area contributed by atoms with Crippen LogP contribution in [0, 0.1) is 0 Å². The van der Waals surface area contributed by atoms with Crippen molar-refractivity contribution in [2.24, 2.45) is 0 Å². The van der Waals surface area contributed by atoms with E-state index >= 15 is 0 Å². The van der Waals surface area contributed by atoms with Crippen LogP contribution >= 0.6 is 0 Å². The van der Waals surface area contributed by atoms with E-state index in [0.29, 0.717) is 35.6 Å². The van der Waals surface area contributed by atoms with E-state index in [2.05, 4.69) is 25.2 Å². The molecule has 9 nitrogen and oxygen atoms in total. The number of carboxylic acids is 1. The number of carbonyl (C=O) groups excluding carboxylic acids is 1. The SMILES string of the molecule is CN1CCN(c2ccc(C(F)(F)F)cc2CNC(=O)c2cnn(-c3cccnc3)c2)CC1.O=C(O)C(F)(F)F. The summed E-state index contributed by atoms with van der Waals surface area (Å²) in [6, 6.07) is 7.26. The third-order valence-corrected chi connectivity index (χ3v) is 5.69. The lowest BCUT2D eigenvalue weighted by Crippen LogP contribution is -2.45. The Morgan fingerprint density at radius 1 is 1.03 bits per heavy atom. The molecule has 0 unspecified atom stereocenters. The molecule has 1 aromatic carbocycles. The molecule has 0 atom stereocenters. The van der Waals surface area contributed by atoms with Crippen LogP contribution in [0.3, 0.4) is 0 Å². The van der Waals surface area contributed by atoms with Gasteiger partial charge in [-0.1, -0.05) is 0 Å². The summed E-state index contributed by atoms with van der Waals surface area (Å²) in [7, 11) is 2.01. The first-order chi connectivity index (χ1) is 18.3. The number of hydrogen-bond acceptors (Lipinski definition) is 6. The molecule has 1 fully saturated rings. The second kappa shape index (κ2) is 12.1. The van der Waals surface area contributed by atoms with E-state index in [1.807, 2.05) is 7.05 Å². The topological polar surface area (TPSA) is 104 Å². The number of aromatic nitrogens is 3. The number of piperazine rings is 1. The number of rotatable bonds is 5. The van der Waals surface area contributed by atoms with E-state index in [0.717, 1.165) is 25.2 Å². The van der Waals surface area contributed by atoms with Crippen LogP contribution in [-0.4, -0.2) is 76.1 Å². The molecular weight excluding hydrogens is 534 g/mol. The minimum absolute atomic E-state index is 0.0253. The van der Waals surface area contributed by atoms with Crippen molar-refractivity contribution in [3.8, 4) is 5.69 Å². The van der Waals surface area contributed by atoms with Crippen LogP contribution < -0.4 is 10.2 Å². The maximum atomic E-state index is 13.3. The van der Waals surface area contributed by atoms with Crippen LogP contribution in [0.5, 0.6) is 0 Å². The molecular formula is C24H24F6N6O3. The second-order valence-corrected chi connectivity index (χ2v) is 8.50. The van der Waals surface area contributed by atoms with Crippen molar-refractivity contribution in [3.05, 3.63) is 71.8 Å². The molecule has 4 rings (SSSR count). The van der Waals surface area contributed by atoms with Crippen LogP contribution in [0.25, 0.3) is 5.69 Å². The van der Waals surface area contributed by atoms with E-state index in [1.54, 1.807) is 30.7 Å². The first-order valence-electron chi connectivity index (χ1n) is 11.4.